The van der Waals surface area contributed by atoms with E-state index in [0.717, 1.165) is 25.1 Å². The van der Waals surface area contributed by atoms with Crippen molar-refractivity contribution in [1.82, 2.24) is 15.8 Å². The maximum atomic E-state index is 11.0. The number of carbonyl (C=O) groups is 1. The molecule has 0 aliphatic carbocycles. The number of rotatable bonds is 7. The molecule has 0 saturated carbocycles. The molecule has 1 amide bonds. The summed E-state index contributed by atoms with van der Waals surface area (Å²) in [5.41, 5.74) is 7.40. The normalized spacial score (nSPS) is 11.3. The zero-order valence-corrected chi connectivity index (χ0v) is 14.8. The van der Waals surface area contributed by atoms with Gasteiger partial charge in [-0.1, -0.05) is 42.5 Å². The maximum absolute atomic E-state index is 11.0. The van der Waals surface area contributed by atoms with Crippen LogP contribution in [-0.4, -0.2) is 22.6 Å². The summed E-state index contributed by atoms with van der Waals surface area (Å²) in [6.07, 6.45) is 3.91. The molecule has 2 aromatic carbocycles. The predicted octanol–water partition coefficient (Wildman–Crippen LogP) is 3.33. The Balaban J connectivity index is 1.50. The topological polar surface area (TPSA) is 77.2 Å². The molecule has 5 heteroatoms. The fourth-order valence-corrected chi connectivity index (χ4v) is 2.98. The Bertz CT molecular complexity index is 911. The summed E-state index contributed by atoms with van der Waals surface area (Å²) in [7, 11) is 0. The molecule has 3 aromatic rings. The molecule has 0 aliphatic rings. The molecule has 26 heavy (non-hydrogen) atoms. The summed E-state index contributed by atoms with van der Waals surface area (Å²) in [6, 6.07) is 16.5. The lowest BCUT2D eigenvalue weighted by atomic mass is 10.1. The van der Waals surface area contributed by atoms with Gasteiger partial charge in [0.2, 0.25) is 0 Å². The minimum atomic E-state index is -0.539. The van der Waals surface area contributed by atoms with Crippen LogP contribution in [0.25, 0.3) is 17.0 Å². The zero-order valence-electron chi connectivity index (χ0n) is 14.8. The SMILES string of the molecule is Cc1cc2cccc(CCNCc3ccc(/C=C/C(=O)NO)cc3)c2[nH]1. The smallest absolute Gasteiger partial charge is 0.267 e. The first-order valence-corrected chi connectivity index (χ1v) is 8.65. The highest BCUT2D eigenvalue weighted by atomic mass is 16.5. The molecule has 0 unspecified atom stereocenters. The van der Waals surface area contributed by atoms with Gasteiger partial charge in [-0.3, -0.25) is 10.0 Å². The largest absolute Gasteiger partial charge is 0.358 e. The molecule has 4 N–H and O–H groups in total. The molecule has 0 spiro atoms. The number of aromatic nitrogens is 1. The average molecular weight is 349 g/mol. The summed E-state index contributed by atoms with van der Waals surface area (Å²) in [4.78, 5) is 14.4. The van der Waals surface area contributed by atoms with Crippen molar-refractivity contribution in [2.45, 2.75) is 19.9 Å². The van der Waals surface area contributed by atoms with Crippen LogP contribution < -0.4 is 10.8 Å². The first-order valence-electron chi connectivity index (χ1n) is 8.65. The Morgan fingerprint density at radius 3 is 2.77 bits per heavy atom. The molecule has 0 radical (unpaired) electrons. The number of nitrogens with one attached hydrogen (secondary N) is 3. The number of aromatic amines is 1. The first kappa shape index (κ1) is 17.9. The molecule has 0 bridgehead atoms. The molecule has 134 valence electrons. The van der Waals surface area contributed by atoms with Gasteiger partial charge in [0.25, 0.3) is 5.91 Å². The minimum absolute atomic E-state index is 0.539. The second kappa shape index (κ2) is 8.47. The van der Waals surface area contributed by atoms with Crippen molar-refractivity contribution >= 4 is 22.9 Å². The molecule has 0 aliphatic heterocycles. The third kappa shape index (κ3) is 4.59. The second-order valence-corrected chi connectivity index (χ2v) is 6.31. The van der Waals surface area contributed by atoms with Crippen LogP contribution >= 0.6 is 0 Å². The number of hydrogen-bond donors (Lipinski definition) is 4. The van der Waals surface area contributed by atoms with E-state index in [1.165, 1.54) is 33.8 Å². The Morgan fingerprint density at radius 2 is 2.00 bits per heavy atom. The van der Waals surface area contributed by atoms with Crippen LogP contribution in [-0.2, 0) is 17.8 Å². The fourth-order valence-electron chi connectivity index (χ4n) is 2.98. The van der Waals surface area contributed by atoms with Gasteiger partial charge in [0.1, 0.15) is 0 Å². The van der Waals surface area contributed by atoms with E-state index in [2.05, 4.69) is 41.5 Å². The second-order valence-electron chi connectivity index (χ2n) is 6.31. The van der Waals surface area contributed by atoms with E-state index < -0.39 is 5.91 Å². The van der Waals surface area contributed by atoms with Crippen LogP contribution in [0.3, 0.4) is 0 Å². The van der Waals surface area contributed by atoms with Crippen molar-refractivity contribution in [2.75, 3.05) is 6.54 Å². The molecule has 0 saturated heterocycles. The summed E-state index contributed by atoms with van der Waals surface area (Å²) in [5.74, 6) is -0.539. The van der Waals surface area contributed by atoms with Gasteiger partial charge in [0, 0.05) is 23.8 Å². The Labute approximate surface area is 152 Å². The average Bonchev–Trinajstić information content (AvgIpc) is 3.05. The number of carbonyl (C=O) groups excluding carboxylic acids is 1. The Hall–Kier alpha value is -2.89. The highest BCUT2D eigenvalue weighted by molar-refractivity contribution is 5.90. The van der Waals surface area contributed by atoms with Crippen molar-refractivity contribution in [3.8, 4) is 0 Å². The van der Waals surface area contributed by atoms with Gasteiger partial charge in [-0.2, -0.15) is 0 Å². The Morgan fingerprint density at radius 1 is 1.19 bits per heavy atom. The van der Waals surface area contributed by atoms with Crippen molar-refractivity contribution in [3.63, 3.8) is 0 Å². The van der Waals surface area contributed by atoms with Crippen molar-refractivity contribution in [1.29, 1.82) is 0 Å². The number of para-hydroxylation sites is 1. The van der Waals surface area contributed by atoms with Crippen LogP contribution in [0, 0.1) is 6.92 Å². The number of hydrogen-bond acceptors (Lipinski definition) is 3. The fraction of sp³-hybridized carbons (Fsp3) is 0.190. The molecule has 0 atom stereocenters. The number of aryl methyl sites for hydroxylation is 1. The standard InChI is InChI=1S/C21H23N3O2/c1-15-13-19-4-2-3-18(21(19)23-15)11-12-22-14-17-7-5-16(6-8-17)9-10-20(25)24-26/h2-10,13,22-23,26H,11-12,14H2,1H3,(H,24,25)/b10-9+. The van der Waals surface area contributed by atoms with Gasteiger partial charge >= 0.3 is 0 Å². The summed E-state index contributed by atoms with van der Waals surface area (Å²) in [5, 5.41) is 13.2. The lowest BCUT2D eigenvalue weighted by Gasteiger charge is -2.07. The lowest BCUT2D eigenvalue weighted by molar-refractivity contribution is -0.124. The molecular weight excluding hydrogens is 326 g/mol. The number of H-pyrrole nitrogens is 1. The van der Waals surface area contributed by atoms with Crippen LogP contribution in [0.5, 0.6) is 0 Å². The summed E-state index contributed by atoms with van der Waals surface area (Å²) < 4.78 is 0. The van der Waals surface area contributed by atoms with Gasteiger partial charge in [0.15, 0.2) is 0 Å². The summed E-state index contributed by atoms with van der Waals surface area (Å²) >= 11 is 0. The molecule has 1 heterocycles. The first-order chi connectivity index (χ1) is 12.7. The summed E-state index contributed by atoms with van der Waals surface area (Å²) in [6.45, 7) is 3.77. The third-order valence-electron chi connectivity index (χ3n) is 4.29. The van der Waals surface area contributed by atoms with Gasteiger partial charge in [-0.25, -0.2) is 5.48 Å². The zero-order chi connectivity index (χ0) is 18.4. The van der Waals surface area contributed by atoms with E-state index in [9.17, 15) is 4.79 Å². The highest BCUT2D eigenvalue weighted by Crippen LogP contribution is 2.19. The van der Waals surface area contributed by atoms with E-state index in [1.54, 1.807) is 11.6 Å². The monoisotopic (exact) mass is 349 g/mol. The van der Waals surface area contributed by atoms with E-state index in [0.29, 0.717) is 0 Å². The maximum Gasteiger partial charge on any atom is 0.267 e. The van der Waals surface area contributed by atoms with Crippen LogP contribution in [0.1, 0.15) is 22.4 Å². The van der Waals surface area contributed by atoms with Gasteiger partial charge in [0.05, 0.1) is 0 Å². The minimum Gasteiger partial charge on any atom is -0.358 e. The van der Waals surface area contributed by atoms with Gasteiger partial charge < -0.3 is 10.3 Å². The Kier molecular flexibility index (Phi) is 5.84. The molecular formula is C21H23N3O2. The van der Waals surface area contributed by atoms with Crippen molar-refractivity contribution < 1.29 is 10.0 Å². The number of hydroxylamine groups is 1. The quantitative estimate of drug-likeness (QED) is 0.229. The predicted molar refractivity (Wildman–Crippen MR) is 104 cm³/mol. The number of benzene rings is 2. The van der Waals surface area contributed by atoms with Crippen molar-refractivity contribution in [3.05, 3.63) is 77.0 Å². The van der Waals surface area contributed by atoms with Crippen molar-refractivity contribution in [2.24, 2.45) is 0 Å². The van der Waals surface area contributed by atoms with Crippen LogP contribution in [0.2, 0.25) is 0 Å². The molecule has 5 nitrogen and oxygen atoms in total. The molecule has 1 aromatic heterocycles. The van der Waals surface area contributed by atoms with E-state index in [-0.39, 0.29) is 0 Å². The third-order valence-corrected chi connectivity index (χ3v) is 4.29. The lowest BCUT2D eigenvalue weighted by Crippen LogP contribution is -2.16. The van der Waals surface area contributed by atoms with Crippen LogP contribution in [0.4, 0.5) is 0 Å². The number of fused-ring (bicyclic) bond motifs is 1. The molecule has 0 fully saturated rings. The van der Waals surface area contributed by atoms with E-state index in [4.69, 9.17) is 5.21 Å². The highest BCUT2D eigenvalue weighted by Gasteiger charge is 2.03. The number of amides is 1. The molecule has 3 rings (SSSR count). The van der Waals surface area contributed by atoms with Gasteiger partial charge in [-0.15, -0.1) is 0 Å². The van der Waals surface area contributed by atoms with Crippen LogP contribution in [0.15, 0.2) is 54.6 Å². The van der Waals surface area contributed by atoms with Gasteiger partial charge in [-0.05, 0) is 54.1 Å². The van der Waals surface area contributed by atoms with E-state index in [1.807, 2.05) is 24.3 Å². The van der Waals surface area contributed by atoms with E-state index >= 15 is 0 Å².